The summed E-state index contributed by atoms with van der Waals surface area (Å²) < 4.78 is 13.1. The number of halogens is 2. The molecule has 2 aromatic carbocycles. The van der Waals surface area contributed by atoms with Crippen LogP contribution < -0.4 is 11.1 Å². The van der Waals surface area contributed by atoms with E-state index in [9.17, 15) is 9.18 Å². The van der Waals surface area contributed by atoms with Crippen molar-refractivity contribution >= 4 is 23.2 Å². The fourth-order valence-corrected chi connectivity index (χ4v) is 2.20. The van der Waals surface area contributed by atoms with Crippen molar-refractivity contribution in [2.24, 2.45) is 5.73 Å². The van der Waals surface area contributed by atoms with Crippen LogP contribution in [0.15, 0.2) is 42.5 Å². The van der Waals surface area contributed by atoms with Crippen molar-refractivity contribution in [2.75, 3.05) is 5.32 Å². The molecule has 0 heterocycles. The SMILES string of the molecule is Cc1cc(F)ccc1C(Nc1cccc(Cl)c1)C(N)=O. The maximum Gasteiger partial charge on any atom is 0.244 e. The molecule has 3 nitrogen and oxygen atoms in total. The van der Waals surface area contributed by atoms with E-state index in [0.29, 0.717) is 21.8 Å². The van der Waals surface area contributed by atoms with Gasteiger partial charge in [-0.3, -0.25) is 4.79 Å². The quantitative estimate of drug-likeness (QED) is 0.907. The molecule has 1 atom stereocenters. The van der Waals surface area contributed by atoms with E-state index in [0.717, 1.165) is 0 Å². The normalized spacial score (nSPS) is 11.9. The number of hydrogen-bond acceptors (Lipinski definition) is 2. The third-order valence-corrected chi connectivity index (χ3v) is 3.20. The first-order valence-electron chi connectivity index (χ1n) is 6.05. The van der Waals surface area contributed by atoms with Gasteiger partial charge in [-0.15, -0.1) is 0 Å². The Morgan fingerprint density at radius 2 is 2.05 bits per heavy atom. The minimum absolute atomic E-state index is 0.350. The molecule has 1 unspecified atom stereocenters. The third kappa shape index (κ3) is 3.27. The first kappa shape index (κ1) is 14.3. The summed E-state index contributed by atoms with van der Waals surface area (Å²) in [7, 11) is 0. The summed E-state index contributed by atoms with van der Waals surface area (Å²) in [5, 5.41) is 3.56. The fraction of sp³-hybridized carbons (Fsp3) is 0.133. The summed E-state index contributed by atoms with van der Waals surface area (Å²) in [6.07, 6.45) is 0. The molecule has 0 fully saturated rings. The van der Waals surface area contributed by atoms with Crippen molar-refractivity contribution in [3.8, 4) is 0 Å². The number of hydrogen-bond donors (Lipinski definition) is 2. The van der Waals surface area contributed by atoms with Crippen LogP contribution in [0, 0.1) is 12.7 Å². The number of carbonyl (C=O) groups excluding carboxylic acids is 1. The lowest BCUT2D eigenvalue weighted by Gasteiger charge is -2.19. The standard InChI is InChI=1S/C15H14ClFN2O/c1-9-7-11(17)5-6-13(9)14(15(18)20)19-12-4-2-3-10(16)8-12/h2-8,14,19H,1H3,(H2,18,20). The average molecular weight is 293 g/mol. The maximum absolute atomic E-state index is 13.1. The predicted molar refractivity (Wildman–Crippen MR) is 78.1 cm³/mol. The van der Waals surface area contributed by atoms with Crippen molar-refractivity contribution in [3.05, 3.63) is 64.4 Å². The zero-order valence-corrected chi connectivity index (χ0v) is 11.6. The molecule has 0 radical (unpaired) electrons. The molecule has 20 heavy (non-hydrogen) atoms. The number of nitrogens with two attached hydrogens (primary N) is 1. The van der Waals surface area contributed by atoms with E-state index in [-0.39, 0.29) is 5.82 Å². The molecule has 0 bridgehead atoms. The number of primary amides is 1. The van der Waals surface area contributed by atoms with Gasteiger partial charge in [0.1, 0.15) is 11.9 Å². The van der Waals surface area contributed by atoms with E-state index in [1.807, 2.05) is 0 Å². The summed E-state index contributed by atoms with van der Waals surface area (Å²) in [6, 6.07) is 10.4. The Hall–Kier alpha value is -2.07. The monoisotopic (exact) mass is 292 g/mol. The summed E-state index contributed by atoms with van der Waals surface area (Å²) in [4.78, 5) is 11.7. The van der Waals surface area contributed by atoms with Crippen LogP contribution in [-0.2, 0) is 4.79 Å². The molecule has 3 N–H and O–H groups in total. The number of amides is 1. The highest BCUT2D eigenvalue weighted by molar-refractivity contribution is 6.30. The molecule has 0 spiro atoms. The first-order chi connectivity index (χ1) is 9.47. The minimum atomic E-state index is -0.742. The zero-order valence-electron chi connectivity index (χ0n) is 10.9. The third-order valence-electron chi connectivity index (χ3n) is 2.96. The van der Waals surface area contributed by atoms with E-state index in [2.05, 4.69) is 5.32 Å². The van der Waals surface area contributed by atoms with Gasteiger partial charge >= 0.3 is 0 Å². The van der Waals surface area contributed by atoms with Crippen molar-refractivity contribution in [3.63, 3.8) is 0 Å². The van der Waals surface area contributed by atoms with Crippen molar-refractivity contribution < 1.29 is 9.18 Å². The lowest BCUT2D eigenvalue weighted by Crippen LogP contribution is -2.28. The van der Waals surface area contributed by atoms with Crippen LogP contribution in [0.2, 0.25) is 5.02 Å². The Kier molecular flexibility index (Phi) is 4.25. The number of nitrogens with one attached hydrogen (secondary N) is 1. The summed E-state index contributed by atoms with van der Waals surface area (Å²) in [5.74, 6) is -0.892. The first-order valence-corrected chi connectivity index (χ1v) is 6.42. The molecule has 0 aliphatic carbocycles. The molecule has 0 aromatic heterocycles. The van der Waals surface area contributed by atoms with Crippen LogP contribution in [0.25, 0.3) is 0 Å². The van der Waals surface area contributed by atoms with Gasteiger partial charge in [-0.2, -0.15) is 0 Å². The van der Waals surface area contributed by atoms with Crippen LogP contribution in [0.4, 0.5) is 10.1 Å². The number of anilines is 1. The largest absolute Gasteiger partial charge is 0.370 e. The van der Waals surface area contributed by atoms with E-state index < -0.39 is 11.9 Å². The molecule has 1 amide bonds. The van der Waals surface area contributed by atoms with Crippen molar-refractivity contribution in [1.82, 2.24) is 0 Å². The Balaban J connectivity index is 2.34. The second kappa shape index (κ2) is 5.92. The second-order valence-electron chi connectivity index (χ2n) is 4.49. The Morgan fingerprint density at radius 1 is 1.30 bits per heavy atom. The summed E-state index contributed by atoms with van der Waals surface area (Å²) in [6.45, 7) is 1.73. The topological polar surface area (TPSA) is 55.1 Å². The Labute approximate surface area is 121 Å². The smallest absolute Gasteiger partial charge is 0.244 e. The van der Waals surface area contributed by atoms with Gasteiger partial charge in [0.05, 0.1) is 0 Å². The highest BCUT2D eigenvalue weighted by atomic mass is 35.5. The predicted octanol–water partition coefficient (Wildman–Crippen LogP) is 3.43. The van der Waals surface area contributed by atoms with Gasteiger partial charge in [0.2, 0.25) is 5.91 Å². The van der Waals surface area contributed by atoms with E-state index in [4.69, 9.17) is 17.3 Å². The molecule has 0 aliphatic rings. The number of benzene rings is 2. The lowest BCUT2D eigenvalue weighted by atomic mass is 10.0. The van der Waals surface area contributed by atoms with Gasteiger partial charge in [-0.25, -0.2) is 4.39 Å². The van der Waals surface area contributed by atoms with E-state index >= 15 is 0 Å². The lowest BCUT2D eigenvalue weighted by molar-refractivity contribution is -0.118. The van der Waals surface area contributed by atoms with Crippen molar-refractivity contribution in [2.45, 2.75) is 13.0 Å². The zero-order chi connectivity index (χ0) is 14.7. The Bertz CT molecular complexity index is 646. The summed E-state index contributed by atoms with van der Waals surface area (Å²) in [5.41, 5.74) is 7.40. The summed E-state index contributed by atoms with van der Waals surface area (Å²) >= 11 is 5.90. The average Bonchev–Trinajstić information content (AvgIpc) is 2.36. The maximum atomic E-state index is 13.1. The van der Waals surface area contributed by atoms with Crippen LogP contribution in [-0.4, -0.2) is 5.91 Å². The molecule has 2 aromatic rings. The minimum Gasteiger partial charge on any atom is -0.370 e. The van der Waals surface area contributed by atoms with Crippen LogP contribution in [0.1, 0.15) is 17.2 Å². The highest BCUT2D eigenvalue weighted by Gasteiger charge is 2.19. The molecule has 104 valence electrons. The number of aryl methyl sites for hydroxylation is 1. The van der Waals surface area contributed by atoms with Crippen LogP contribution in [0.3, 0.4) is 0 Å². The molecule has 0 aliphatic heterocycles. The van der Waals surface area contributed by atoms with Crippen LogP contribution >= 0.6 is 11.6 Å². The molecule has 5 heteroatoms. The fourth-order valence-electron chi connectivity index (χ4n) is 2.01. The van der Waals surface area contributed by atoms with Gasteiger partial charge in [-0.1, -0.05) is 23.7 Å². The van der Waals surface area contributed by atoms with Gasteiger partial charge in [0.25, 0.3) is 0 Å². The van der Waals surface area contributed by atoms with Gasteiger partial charge < -0.3 is 11.1 Å². The molecular formula is C15H14ClFN2O. The number of rotatable bonds is 4. The van der Waals surface area contributed by atoms with Gasteiger partial charge in [0, 0.05) is 10.7 Å². The van der Waals surface area contributed by atoms with E-state index in [1.165, 1.54) is 12.1 Å². The Morgan fingerprint density at radius 3 is 2.65 bits per heavy atom. The molecule has 2 rings (SSSR count). The van der Waals surface area contributed by atoms with E-state index in [1.54, 1.807) is 37.3 Å². The van der Waals surface area contributed by atoms with Crippen LogP contribution in [0.5, 0.6) is 0 Å². The van der Waals surface area contributed by atoms with Crippen molar-refractivity contribution in [1.29, 1.82) is 0 Å². The van der Waals surface area contributed by atoms with Gasteiger partial charge in [-0.05, 0) is 48.4 Å². The number of carbonyl (C=O) groups is 1. The molecular weight excluding hydrogens is 279 g/mol. The molecule has 0 saturated heterocycles. The molecule has 0 saturated carbocycles. The highest BCUT2D eigenvalue weighted by Crippen LogP contribution is 2.24. The van der Waals surface area contributed by atoms with Gasteiger partial charge in [0.15, 0.2) is 0 Å². The second-order valence-corrected chi connectivity index (χ2v) is 4.93.